The number of pyridine rings is 1. The van der Waals surface area contributed by atoms with E-state index in [0.29, 0.717) is 9.86 Å². The molecule has 5 heteroatoms. The van der Waals surface area contributed by atoms with Gasteiger partial charge in [-0.15, -0.1) is 0 Å². The van der Waals surface area contributed by atoms with E-state index < -0.39 is 11.9 Å². The zero-order valence-corrected chi connectivity index (χ0v) is 8.93. The molecule has 1 aromatic carbocycles. The number of alkyl halides is 3. The lowest BCUT2D eigenvalue weighted by atomic mass is 10.1. The quantitative estimate of drug-likeness (QED) is 0.708. The van der Waals surface area contributed by atoms with Crippen LogP contribution in [0.5, 0.6) is 0 Å². The van der Waals surface area contributed by atoms with Crippen molar-refractivity contribution in [3.63, 3.8) is 0 Å². The first-order valence-corrected chi connectivity index (χ1v) is 4.90. The van der Waals surface area contributed by atoms with Crippen LogP contribution in [0.25, 0.3) is 10.8 Å². The molecule has 0 unspecified atom stereocenters. The SMILES string of the molecule is FC(F)(F)c1ncc(Br)c2ccccc12. The molecule has 0 saturated heterocycles. The predicted octanol–water partition coefficient (Wildman–Crippen LogP) is 4.02. The Morgan fingerprint density at radius 1 is 1.07 bits per heavy atom. The minimum Gasteiger partial charge on any atom is -0.250 e. The maximum Gasteiger partial charge on any atom is 0.433 e. The average Bonchev–Trinajstić information content (AvgIpc) is 2.17. The molecule has 0 radical (unpaired) electrons. The van der Waals surface area contributed by atoms with E-state index in [9.17, 15) is 13.2 Å². The Balaban J connectivity index is 2.84. The third kappa shape index (κ3) is 1.84. The fourth-order valence-corrected chi connectivity index (χ4v) is 1.83. The summed E-state index contributed by atoms with van der Waals surface area (Å²) in [7, 11) is 0. The van der Waals surface area contributed by atoms with Gasteiger partial charge in [0.2, 0.25) is 0 Å². The summed E-state index contributed by atoms with van der Waals surface area (Å²) < 4.78 is 38.3. The molecule has 0 amide bonds. The lowest BCUT2D eigenvalue weighted by molar-refractivity contribution is -0.139. The van der Waals surface area contributed by atoms with Gasteiger partial charge in [-0.25, -0.2) is 4.98 Å². The van der Waals surface area contributed by atoms with Gasteiger partial charge >= 0.3 is 6.18 Å². The minimum atomic E-state index is -4.42. The van der Waals surface area contributed by atoms with Crippen LogP contribution in [0.3, 0.4) is 0 Å². The third-order valence-corrected chi connectivity index (χ3v) is 2.65. The van der Waals surface area contributed by atoms with Crippen molar-refractivity contribution in [2.75, 3.05) is 0 Å². The van der Waals surface area contributed by atoms with E-state index in [1.807, 2.05) is 0 Å². The van der Waals surface area contributed by atoms with Crippen molar-refractivity contribution in [1.29, 1.82) is 0 Å². The molecule has 0 bridgehead atoms. The first-order chi connectivity index (χ1) is 7.00. The molecule has 2 aromatic rings. The lowest BCUT2D eigenvalue weighted by Crippen LogP contribution is -2.08. The predicted molar refractivity (Wildman–Crippen MR) is 54.4 cm³/mol. The number of halogens is 4. The average molecular weight is 276 g/mol. The normalized spacial score (nSPS) is 12.0. The molecule has 78 valence electrons. The molecule has 1 heterocycles. The van der Waals surface area contributed by atoms with Crippen LogP contribution in [0.4, 0.5) is 13.2 Å². The Morgan fingerprint density at radius 2 is 1.67 bits per heavy atom. The largest absolute Gasteiger partial charge is 0.433 e. The molecule has 0 aliphatic rings. The van der Waals surface area contributed by atoms with E-state index in [0.717, 1.165) is 0 Å². The van der Waals surface area contributed by atoms with Crippen molar-refractivity contribution in [3.8, 4) is 0 Å². The number of rotatable bonds is 0. The number of fused-ring (bicyclic) bond motifs is 1. The molecule has 2 rings (SSSR count). The van der Waals surface area contributed by atoms with Crippen molar-refractivity contribution in [2.24, 2.45) is 0 Å². The van der Waals surface area contributed by atoms with Crippen LogP contribution in [0.1, 0.15) is 5.69 Å². The van der Waals surface area contributed by atoms with Gasteiger partial charge in [0.15, 0.2) is 5.69 Å². The maximum absolute atomic E-state index is 12.6. The summed E-state index contributed by atoms with van der Waals surface area (Å²) in [4.78, 5) is 3.41. The third-order valence-electron chi connectivity index (χ3n) is 2.01. The Bertz CT molecular complexity index is 507. The summed E-state index contributed by atoms with van der Waals surface area (Å²) in [5.74, 6) is 0. The highest BCUT2D eigenvalue weighted by Gasteiger charge is 2.34. The molecule has 15 heavy (non-hydrogen) atoms. The zero-order chi connectivity index (χ0) is 11.1. The van der Waals surface area contributed by atoms with Crippen molar-refractivity contribution in [1.82, 2.24) is 4.98 Å². The molecule has 0 spiro atoms. The first kappa shape index (κ1) is 10.4. The highest BCUT2D eigenvalue weighted by atomic mass is 79.9. The Hall–Kier alpha value is -1.10. The molecule has 0 N–H and O–H groups in total. The standard InChI is InChI=1S/C10H5BrF3N/c11-8-5-15-9(10(12,13)14)7-4-2-1-3-6(7)8/h1-5H. The van der Waals surface area contributed by atoms with Gasteiger partial charge in [0.1, 0.15) is 0 Å². The van der Waals surface area contributed by atoms with Crippen LogP contribution in [-0.4, -0.2) is 4.98 Å². The fraction of sp³-hybridized carbons (Fsp3) is 0.100. The number of aromatic nitrogens is 1. The summed E-state index contributed by atoms with van der Waals surface area (Å²) in [5, 5.41) is 0.624. The summed E-state index contributed by atoms with van der Waals surface area (Å²) >= 11 is 3.17. The molecular formula is C10H5BrF3N. The molecular weight excluding hydrogens is 271 g/mol. The van der Waals surface area contributed by atoms with Gasteiger partial charge in [0.25, 0.3) is 0 Å². The van der Waals surface area contributed by atoms with Crippen LogP contribution in [0, 0.1) is 0 Å². The second-order valence-electron chi connectivity index (χ2n) is 3.00. The zero-order valence-electron chi connectivity index (χ0n) is 7.35. The summed E-state index contributed by atoms with van der Waals surface area (Å²) in [6.07, 6.45) is -3.24. The highest BCUT2D eigenvalue weighted by Crippen LogP contribution is 2.35. The molecule has 0 atom stereocenters. The van der Waals surface area contributed by atoms with E-state index in [2.05, 4.69) is 20.9 Å². The maximum atomic E-state index is 12.6. The monoisotopic (exact) mass is 275 g/mol. The molecule has 0 aliphatic carbocycles. The van der Waals surface area contributed by atoms with Crippen LogP contribution in [0.15, 0.2) is 34.9 Å². The van der Waals surface area contributed by atoms with Crippen molar-refractivity contribution >= 4 is 26.7 Å². The fourth-order valence-electron chi connectivity index (χ4n) is 1.38. The Morgan fingerprint density at radius 3 is 2.27 bits per heavy atom. The molecule has 1 nitrogen and oxygen atoms in total. The van der Waals surface area contributed by atoms with Gasteiger partial charge in [-0.1, -0.05) is 24.3 Å². The van der Waals surface area contributed by atoms with Crippen molar-refractivity contribution in [2.45, 2.75) is 6.18 Å². The summed E-state index contributed by atoms with van der Waals surface area (Å²) in [6.45, 7) is 0. The number of hydrogen-bond acceptors (Lipinski definition) is 1. The highest BCUT2D eigenvalue weighted by molar-refractivity contribution is 9.10. The van der Waals surface area contributed by atoms with E-state index >= 15 is 0 Å². The number of benzene rings is 1. The Labute approximate surface area is 92.1 Å². The van der Waals surface area contributed by atoms with E-state index in [1.165, 1.54) is 12.3 Å². The van der Waals surface area contributed by atoms with Gasteiger partial charge in [0.05, 0.1) is 0 Å². The van der Waals surface area contributed by atoms with Crippen molar-refractivity contribution in [3.05, 3.63) is 40.6 Å². The molecule has 0 fully saturated rings. The summed E-state index contributed by atoms with van der Waals surface area (Å²) in [6, 6.07) is 6.28. The number of hydrogen-bond donors (Lipinski definition) is 0. The Kier molecular flexibility index (Phi) is 2.42. The van der Waals surface area contributed by atoms with Gasteiger partial charge in [0, 0.05) is 16.1 Å². The minimum absolute atomic E-state index is 0.111. The molecule has 1 aromatic heterocycles. The second-order valence-corrected chi connectivity index (χ2v) is 3.85. The van der Waals surface area contributed by atoms with E-state index in [-0.39, 0.29) is 5.39 Å². The van der Waals surface area contributed by atoms with Crippen LogP contribution >= 0.6 is 15.9 Å². The van der Waals surface area contributed by atoms with Gasteiger partial charge in [-0.3, -0.25) is 0 Å². The van der Waals surface area contributed by atoms with E-state index in [1.54, 1.807) is 18.2 Å². The van der Waals surface area contributed by atoms with Gasteiger partial charge in [-0.05, 0) is 21.3 Å². The van der Waals surface area contributed by atoms with Gasteiger partial charge in [-0.2, -0.15) is 13.2 Å². The molecule has 0 aliphatic heterocycles. The topological polar surface area (TPSA) is 12.9 Å². The van der Waals surface area contributed by atoms with Gasteiger partial charge < -0.3 is 0 Å². The second kappa shape index (κ2) is 3.48. The summed E-state index contributed by atoms with van der Waals surface area (Å²) in [5.41, 5.74) is -0.846. The lowest BCUT2D eigenvalue weighted by Gasteiger charge is -2.09. The smallest absolute Gasteiger partial charge is 0.250 e. The molecule has 0 saturated carbocycles. The van der Waals surface area contributed by atoms with Crippen LogP contribution in [0.2, 0.25) is 0 Å². The van der Waals surface area contributed by atoms with Crippen LogP contribution in [-0.2, 0) is 6.18 Å². The van der Waals surface area contributed by atoms with E-state index in [4.69, 9.17) is 0 Å². The van der Waals surface area contributed by atoms with Crippen LogP contribution < -0.4 is 0 Å². The van der Waals surface area contributed by atoms with Crippen molar-refractivity contribution < 1.29 is 13.2 Å². The first-order valence-electron chi connectivity index (χ1n) is 4.10. The number of nitrogens with zero attached hydrogens (tertiary/aromatic N) is 1.